The van der Waals surface area contributed by atoms with Crippen molar-refractivity contribution in [2.24, 2.45) is 5.92 Å². The summed E-state index contributed by atoms with van der Waals surface area (Å²) in [6.07, 6.45) is 0.537. The molecule has 0 aromatic heterocycles. The summed E-state index contributed by atoms with van der Waals surface area (Å²) in [7, 11) is 0. The van der Waals surface area contributed by atoms with Gasteiger partial charge in [0.25, 0.3) is 0 Å². The minimum Gasteiger partial charge on any atom is -0.321 e. The third-order valence-corrected chi connectivity index (χ3v) is 3.39. The van der Waals surface area contributed by atoms with Crippen molar-refractivity contribution in [3.8, 4) is 0 Å². The topological polar surface area (TPSA) is 32.3 Å². The Morgan fingerprint density at radius 1 is 1.42 bits per heavy atom. The Bertz CT molecular complexity index is 461. The molecule has 0 aliphatic carbocycles. The van der Waals surface area contributed by atoms with Gasteiger partial charge in [0, 0.05) is 6.54 Å². The number of rotatable bonds is 4. The van der Waals surface area contributed by atoms with Gasteiger partial charge in [-0.2, -0.15) is 0 Å². The molecular formula is C15H21FN2O. The van der Waals surface area contributed by atoms with Crippen LogP contribution in [-0.2, 0) is 4.79 Å². The largest absolute Gasteiger partial charge is 0.321 e. The fourth-order valence-electron chi connectivity index (χ4n) is 2.51. The second-order valence-electron chi connectivity index (χ2n) is 5.47. The number of halogens is 1. The Balaban J connectivity index is 2.28. The van der Waals surface area contributed by atoms with Crippen LogP contribution in [0.1, 0.15) is 38.9 Å². The molecule has 0 saturated carbocycles. The van der Waals surface area contributed by atoms with Crippen LogP contribution in [0.3, 0.4) is 0 Å². The molecule has 1 aromatic carbocycles. The molecule has 3 nitrogen and oxygen atoms in total. The maximum atomic E-state index is 13.4. The monoisotopic (exact) mass is 264 g/mol. The molecule has 1 heterocycles. The van der Waals surface area contributed by atoms with Crippen LogP contribution in [0.2, 0.25) is 0 Å². The van der Waals surface area contributed by atoms with Crippen molar-refractivity contribution in [2.45, 2.75) is 39.4 Å². The molecule has 1 fully saturated rings. The molecule has 1 aliphatic heterocycles. The molecule has 2 rings (SSSR count). The zero-order chi connectivity index (χ0) is 14.0. The van der Waals surface area contributed by atoms with Crippen LogP contribution in [0.25, 0.3) is 0 Å². The van der Waals surface area contributed by atoms with Gasteiger partial charge in [-0.15, -0.1) is 0 Å². The lowest BCUT2D eigenvalue weighted by Crippen LogP contribution is -2.34. The van der Waals surface area contributed by atoms with Crippen LogP contribution >= 0.6 is 0 Å². The fraction of sp³-hybridized carbons (Fsp3) is 0.533. The maximum absolute atomic E-state index is 13.4. The molecule has 2 unspecified atom stereocenters. The summed E-state index contributed by atoms with van der Waals surface area (Å²) in [5.41, 5.74) is 0.810. The van der Waals surface area contributed by atoms with E-state index in [4.69, 9.17) is 0 Å². The molecule has 2 atom stereocenters. The first-order chi connectivity index (χ1) is 9.02. The first kappa shape index (κ1) is 14.0. The molecule has 1 saturated heterocycles. The molecule has 104 valence electrons. The molecule has 0 bridgehead atoms. The summed E-state index contributed by atoms with van der Waals surface area (Å²) in [6.45, 7) is 6.82. The normalized spacial score (nSPS) is 23.4. The highest BCUT2D eigenvalue weighted by Gasteiger charge is 2.38. The van der Waals surface area contributed by atoms with E-state index in [2.05, 4.69) is 19.2 Å². The molecule has 19 heavy (non-hydrogen) atoms. The predicted octanol–water partition coefficient (Wildman–Crippen LogP) is 2.69. The van der Waals surface area contributed by atoms with E-state index in [1.54, 1.807) is 6.07 Å². The van der Waals surface area contributed by atoms with Gasteiger partial charge in [-0.3, -0.25) is 10.1 Å². The smallest absolute Gasteiger partial charge is 0.241 e. The van der Waals surface area contributed by atoms with Gasteiger partial charge in [0.15, 0.2) is 0 Å². The third-order valence-electron chi connectivity index (χ3n) is 3.39. The fourth-order valence-corrected chi connectivity index (χ4v) is 2.51. The van der Waals surface area contributed by atoms with E-state index >= 15 is 0 Å². The van der Waals surface area contributed by atoms with Crippen molar-refractivity contribution in [2.75, 3.05) is 6.54 Å². The number of nitrogens with one attached hydrogen (secondary N) is 1. The van der Waals surface area contributed by atoms with E-state index in [1.165, 1.54) is 12.1 Å². The van der Waals surface area contributed by atoms with Gasteiger partial charge < -0.3 is 4.90 Å². The van der Waals surface area contributed by atoms with Gasteiger partial charge in [-0.25, -0.2) is 4.39 Å². The third kappa shape index (κ3) is 2.95. The lowest BCUT2D eigenvalue weighted by atomic mass is 10.1. The first-order valence-electron chi connectivity index (χ1n) is 6.85. The van der Waals surface area contributed by atoms with E-state index in [-0.39, 0.29) is 23.9 Å². The lowest BCUT2D eigenvalue weighted by molar-refractivity contribution is -0.130. The maximum Gasteiger partial charge on any atom is 0.241 e. The Kier molecular flexibility index (Phi) is 4.20. The Labute approximate surface area is 113 Å². The highest BCUT2D eigenvalue weighted by molar-refractivity contribution is 5.84. The summed E-state index contributed by atoms with van der Waals surface area (Å²) in [6, 6.07) is 6.30. The van der Waals surface area contributed by atoms with Gasteiger partial charge in [-0.1, -0.05) is 32.9 Å². The number of benzene rings is 1. The van der Waals surface area contributed by atoms with E-state index in [0.717, 1.165) is 12.0 Å². The molecule has 1 aliphatic rings. The average molecular weight is 264 g/mol. The molecule has 0 radical (unpaired) electrons. The van der Waals surface area contributed by atoms with Gasteiger partial charge in [0.1, 0.15) is 12.0 Å². The van der Waals surface area contributed by atoms with Gasteiger partial charge in [-0.05, 0) is 30.0 Å². The summed E-state index contributed by atoms with van der Waals surface area (Å²) >= 11 is 0. The number of carbonyl (C=O) groups excluding carboxylic acids is 1. The van der Waals surface area contributed by atoms with E-state index in [9.17, 15) is 9.18 Å². The summed E-state index contributed by atoms with van der Waals surface area (Å²) in [5.74, 6) is 0.235. The molecular weight excluding hydrogens is 243 g/mol. The molecule has 1 N–H and O–H groups in total. The summed E-state index contributed by atoms with van der Waals surface area (Å²) < 4.78 is 13.4. The van der Waals surface area contributed by atoms with Crippen LogP contribution < -0.4 is 5.32 Å². The van der Waals surface area contributed by atoms with E-state index in [1.807, 2.05) is 17.9 Å². The van der Waals surface area contributed by atoms with Crippen molar-refractivity contribution in [3.05, 3.63) is 35.6 Å². The number of amides is 1. The number of hydrogen-bond acceptors (Lipinski definition) is 2. The van der Waals surface area contributed by atoms with Gasteiger partial charge in [0.2, 0.25) is 5.91 Å². The summed E-state index contributed by atoms with van der Waals surface area (Å²) in [4.78, 5) is 14.1. The highest BCUT2D eigenvalue weighted by Crippen LogP contribution is 2.27. The van der Waals surface area contributed by atoms with Crippen LogP contribution in [0.5, 0.6) is 0 Å². The van der Waals surface area contributed by atoms with Crippen molar-refractivity contribution in [1.29, 1.82) is 0 Å². The van der Waals surface area contributed by atoms with Crippen molar-refractivity contribution < 1.29 is 9.18 Å². The van der Waals surface area contributed by atoms with Crippen LogP contribution in [0.15, 0.2) is 24.3 Å². The minimum atomic E-state index is -0.267. The van der Waals surface area contributed by atoms with Crippen molar-refractivity contribution >= 4 is 5.91 Å². The lowest BCUT2D eigenvalue weighted by Gasteiger charge is -2.26. The number of nitrogens with zero attached hydrogens (tertiary/aromatic N) is 1. The van der Waals surface area contributed by atoms with Crippen molar-refractivity contribution in [1.82, 2.24) is 10.2 Å². The minimum absolute atomic E-state index is 0.116. The number of hydrogen-bond donors (Lipinski definition) is 1. The second-order valence-corrected chi connectivity index (χ2v) is 5.47. The van der Waals surface area contributed by atoms with Gasteiger partial charge in [0.05, 0.1) is 6.04 Å². The Morgan fingerprint density at radius 3 is 2.74 bits per heavy atom. The Morgan fingerprint density at radius 2 is 2.16 bits per heavy atom. The first-order valence-corrected chi connectivity index (χ1v) is 6.85. The van der Waals surface area contributed by atoms with Crippen LogP contribution in [0, 0.1) is 11.7 Å². The van der Waals surface area contributed by atoms with Crippen LogP contribution in [0.4, 0.5) is 4.39 Å². The average Bonchev–Trinajstić information content (AvgIpc) is 2.66. The van der Waals surface area contributed by atoms with Crippen LogP contribution in [-0.4, -0.2) is 23.4 Å². The molecule has 1 aromatic rings. The highest BCUT2D eigenvalue weighted by atomic mass is 19.1. The quantitative estimate of drug-likeness (QED) is 0.907. The zero-order valence-corrected chi connectivity index (χ0v) is 11.7. The SMILES string of the molecule is CCC1NC(c2cccc(F)c2)N(CC(C)C)C1=O. The van der Waals surface area contributed by atoms with E-state index < -0.39 is 0 Å². The van der Waals surface area contributed by atoms with Crippen molar-refractivity contribution in [3.63, 3.8) is 0 Å². The Hall–Kier alpha value is -1.42. The number of carbonyl (C=O) groups is 1. The zero-order valence-electron chi connectivity index (χ0n) is 11.7. The van der Waals surface area contributed by atoms with Gasteiger partial charge >= 0.3 is 0 Å². The summed E-state index contributed by atoms with van der Waals surface area (Å²) in [5, 5.41) is 3.30. The predicted molar refractivity (Wildman–Crippen MR) is 72.9 cm³/mol. The standard InChI is InChI=1S/C15H21FN2O/c1-4-13-15(19)18(9-10(2)3)14(17-13)11-6-5-7-12(16)8-11/h5-8,10,13-14,17H,4,9H2,1-3H3. The molecule has 4 heteroatoms. The van der Waals surface area contributed by atoms with E-state index in [0.29, 0.717) is 12.5 Å². The second kappa shape index (κ2) is 5.70. The molecule has 1 amide bonds. The molecule has 0 spiro atoms.